The summed E-state index contributed by atoms with van der Waals surface area (Å²) in [5.41, 5.74) is 0.181. The van der Waals surface area contributed by atoms with Crippen molar-refractivity contribution in [3.8, 4) is 6.08 Å². The molecule has 0 amide bonds. The maximum atomic E-state index is 11.9. The number of fused-ring (bicyclic) bond motifs is 1. The van der Waals surface area contributed by atoms with Gasteiger partial charge in [0.2, 0.25) is 10.0 Å². The van der Waals surface area contributed by atoms with Crippen molar-refractivity contribution in [3.05, 3.63) is 18.2 Å². The molecular weight excluding hydrogens is 258 g/mol. The average molecular weight is 264 g/mol. The minimum atomic E-state index is -3.88. The third-order valence-corrected chi connectivity index (χ3v) is 2.77. The van der Waals surface area contributed by atoms with Gasteiger partial charge < -0.3 is 9.15 Å². The SMILES string of the molecule is NS(=O)(=O)c1ccc2nc(OC(F)F)oc2c1. The van der Waals surface area contributed by atoms with Crippen molar-refractivity contribution in [2.45, 2.75) is 11.5 Å². The summed E-state index contributed by atoms with van der Waals surface area (Å²) >= 11 is 0. The molecule has 0 fully saturated rings. The Morgan fingerprint density at radius 1 is 1.41 bits per heavy atom. The summed E-state index contributed by atoms with van der Waals surface area (Å²) in [6, 6.07) is 3.54. The fourth-order valence-electron chi connectivity index (χ4n) is 1.19. The van der Waals surface area contributed by atoms with E-state index in [9.17, 15) is 17.2 Å². The predicted molar refractivity (Wildman–Crippen MR) is 52.0 cm³/mol. The fourth-order valence-corrected chi connectivity index (χ4v) is 1.72. The van der Waals surface area contributed by atoms with Crippen LogP contribution in [0.5, 0.6) is 6.08 Å². The van der Waals surface area contributed by atoms with Gasteiger partial charge in [-0.2, -0.15) is 13.8 Å². The van der Waals surface area contributed by atoms with Crippen LogP contribution in [0.3, 0.4) is 0 Å². The molecule has 92 valence electrons. The number of hydrogen-bond acceptors (Lipinski definition) is 5. The molecule has 6 nitrogen and oxygen atoms in total. The maximum Gasteiger partial charge on any atom is 0.399 e. The Labute approximate surface area is 94.0 Å². The number of rotatable bonds is 3. The quantitative estimate of drug-likeness (QED) is 0.894. The molecule has 0 saturated heterocycles. The highest BCUT2D eigenvalue weighted by Gasteiger charge is 2.15. The summed E-state index contributed by atoms with van der Waals surface area (Å²) in [4.78, 5) is 3.37. The zero-order chi connectivity index (χ0) is 12.6. The monoisotopic (exact) mass is 264 g/mol. The first-order valence-corrected chi connectivity index (χ1v) is 5.79. The molecule has 17 heavy (non-hydrogen) atoms. The number of halogens is 2. The molecule has 2 rings (SSSR count). The van der Waals surface area contributed by atoms with Crippen molar-refractivity contribution >= 4 is 21.1 Å². The summed E-state index contributed by atoms with van der Waals surface area (Å²) in [7, 11) is -3.88. The number of hydrogen-bond donors (Lipinski definition) is 1. The Bertz CT molecular complexity index is 653. The molecule has 1 aromatic carbocycles. The van der Waals surface area contributed by atoms with E-state index in [1.165, 1.54) is 12.1 Å². The van der Waals surface area contributed by atoms with Crippen molar-refractivity contribution in [2.24, 2.45) is 5.14 Å². The number of sulfonamides is 1. The number of oxazole rings is 1. The molecule has 1 aromatic heterocycles. The van der Waals surface area contributed by atoms with Crippen LogP contribution in [-0.4, -0.2) is 20.0 Å². The van der Waals surface area contributed by atoms with Crippen molar-refractivity contribution in [2.75, 3.05) is 0 Å². The Balaban J connectivity index is 2.48. The first kappa shape index (κ1) is 11.7. The summed E-state index contributed by atoms with van der Waals surface area (Å²) in [5.74, 6) is 0. The lowest BCUT2D eigenvalue weighted by atomic mass is 10.3. The third-order valence-electron chi connectivity index (χ3n) is 1.86. The number of nitrogens with two attached hydrogens (primary N) is 1. The summed E-state index contributed by atoms with van der Waals surface area (Å²) < 4.78 is 54.5. The molecule has 0 aliphatic carbocycles. The van der Waals surface area contributed by atoms with Crippen LogP contribution in [-0.2, 0) is 10.0 Å². The third kappa shape index (κ3) is 2.50. The van der Waals surface area contributed by atoms with Crippen LogP contribution in [0, 0.1) is 0 Å². The van der Waals surface area contributed by atoms with Gasteiger partial charge in [-0.3, -0.25) is 0 Å². The molecule has 0 spiro atoms. The molecule has 0 bridgehead atoms. The number of benzene rings is 1. The van der Waals surface area contributed by atoms with Gasteiger partial charge in [0.05, 0.1) is 4.90 Å². The minimum Gasteiger partial charge on any atom is -0.409 e. The zero-order valence-corrected chi connectivity index (χ0v) is 8.95. The fraction of sp³-hybridized carbons (Fsp3) is 0.125. The number of aromatic nitrogens is 1. The molecule has 0 aliphatic rings. The topological polar surface area (TPSA) is 95.4 Å². The van der Waals surface area contributed by atoms with E-state index in [1.54, 1.807) is 0 Å². The number of nitrogens with zero attached hydrogens (tertiary/aromatic N) is 1. The molecule has 0 radical (unpaired) electrons. The van der Waals surface area contributed by atoms with E-state index in [1.807, 2.05) is 0 Å². The average Bonchev–Trinajstić information content (AvgIpc) is 2.55. The molecule has 0 aliphatic heterocycles. The maximum absolute atomic E-state index is 11.9. The van der Waals surface area contributed by atoms with Gasteiger partial charge in [-0.15, -0.1) is 0 Å². The summed E-state index contributed by atoms with van der Waals surface area (Å²) in [6.07, 6.45) is -0.637. The molecule has 2 N–H and O–H groups in total. The summed E-state index contributed by atoms with van der Waals surface area (Å²) in [6.45, 7) is -3.07. The van der Waals surface area contributed by atoms with Crippen LogP contribution in [0.1, 0.15) is 0 Å². The predicted octanol–water partition coefficient (Wildman–Crippen LogP) is 1.08. The Morgan fingerprint density at radius 3 is 2.71 bits per heavy atom. The molecule has 0 unspecified atom stereocenters. The van der Waals surface area contributed by atoms with Crippen LogP contribution in [0.25, 0.3) is 11.1 Å². The standard InChI is InChI=1S/C8H6F2N2O4S/c9-7(10)16-8-12-5-2-1-4(17(11,13)14)3-6(5)15-8/h1-3,7H,(H2,11,13,14). The molecule has 0 atom stereocenters. The largest absolute Gasteiger partial charge is 0.409 e. The van der Waals surface area contributed by atoms with E-state index >= 15 is 0 Å². The van der Waals surface area contributed by atoms with Crippen molar-refractivity contribution in [1.29, 1.82) is 0 Å². The Hall–Kier alpha value is -1.74. The van der Waals surface area contributed by atoms with Gasteiger partial charge in [0.1, 0.15) is 5.52 Å². The van der Waals surface area contributed by atoms with E-state index < -0.39 is 22.7 Å². The second kappa shape index (κ2) is 3.93. The van der Waals surface area contributed by atoms with E-state index in [2.05, 4.69) is 9.72 Å². The molecule has 2 aromatic rings. The van der Waals surface area contributed by atoms with Crippen molar-refractivity contribution in [3.63, 3.8) is 0 Å². The number of alkyl halides is 2. The highest BCUT2D eigenvalue weighted by atomic mass is 32.2. The summed E-state index contributed by atoms with van der Waals surface area (Å²) in [5, 5.41) is 4.89. The molecule has 1 heterocycles. The Morgan fingerprint density at radius 2 is 2.12 bits per heavy atom. The lowest BCUT2D eigenvalue weighted by molar-refractivity contribution is -0.0664. The van der Waals surface area contributed by atoms with Gasteiger partial charge in [0.25, 0.3) is 0 Å². The second-order valence-electron chi connectivity index (χ2n) is 3.03. The lowest BCUT2D eigenvalue weighted by Gasteiger charge is -1.95. The van der Waals surface area contributed by atoms with Crippen molar-refractivity contribution < 1.29 is 26.4 Å². The van der Waals surface area contributed by atoms with Gasteiger partial charge in [0.15, 0.2) is 5.58 Å². The van der Waals surface area contributed by atoms with Gasteiger partial charge in [-0.1, -0.05) is 0 Å². The number of primary sulfonamides is 1. The highest BCUT2D eigenvalue weighted by Crippen LogP contribution is 2.23. The van der Waals surface area contributed by atoms with Gasteiger partial charge >= 0.3 is 12.7 Å². The second-order valence-corrected chi connectivity index (χ2v) is 4.59. The van der Waals surface area contributed by atoms with E-state index in [0.29, 0.717) is 0 Å². The van der Waals surface area contributed by atoms with E-state index in [4.69, 9.17) is 9.56 Å². The molecular formula is C8H6F2N2O4S. The van der Waals surface area contributed by atoms with Crippen LogP contribution < -0.4 is 9.88 Å². The Kier molecular flexibility index (Phi) is 2.71. The smallest absolute Gasteiger partial charge is 0.399 e. The van der Waals surface area contributed by atoms with Gasteiger partial charge in [-0.25, -0.2) is 13.6 Å². The van der Waals surface area contributed by atoms with Crippen LogP contribution in [0.15, 0.2) is 27.5 Å². The molecule has 0 saturated carbocycles. The first-order valence-electron chi connectivity index (χ1n) is 4.24. The van der Waals surface area contributed by atoms with Crippen LogP contribution in [0.2, 0.25) is 0 Å². The first-order chi connectivity index (χ1) is 7.86. The molecule has 9 heteroatoms. The van der Waals surface area contributed by atoms with Crippen LogP contribution in [0.4, 0.5) is 8.78 Å². The minimum absolute atomic E-state index is 0.00725. The van der Waals surface area contributed by atoms with E-state index in [0.717, 1.165) is 6.07 Å². The zero-order valence-electron chi connectivity index (χ0n) is 8.13. The van der Waals surface area contributed by atoms with Crippen LogP contribution >= 0.6 is 0 Å². The van der Waals surface area contributed by atoms with Gasteiger partial charge in [-0.05, 0) is 12.1 Å². The lowest BCUT2D eigenvalue weighted by Crippen LogP contribution is -2.11. The van der Waals surface area contributed by atoms with E-state index in [-0.39, 0.29) is 16.0 Å². The number of ether oxygens (including phenoxy) is 1. The van der Waals surface area contributed by atoms with Crippen molar-refractivity contribution in [1.82, 2.24) is 4.98 Å². The normalized spacial score (nSPS) is 12.2. The highest BCUT2D eigenvalue weighted by molar-refractivity contribution is 7.89. The van der Waals surface area contributed by atoms with Gasteiger partial charge in [0, 0.05) is 6.07 Å².